The van der Waals surface area contributed by atoms with E-state index in [9.17, 15) is 4.79 Å². The molecule has 1 saturated heterocycles. The second kappa shape index (κ2) is 4.08. The van der Waals surface area contributed by atoms with E-state index in [0.29, 0.717) is 17.4 Å². The lowest BCUT2D eigenvalue weighted by Crippen LogP contribution is -2.47. The minimum atomic E-state index is 0.0787. The average Bonchev–Trinajstić information content (AvgIpc) is 2.51. The third kappa shape index (κ3) is 2.38. The van der Waals surface area contributed by atoms with Crippen molar-refractivity contribution in [3.05, 3.63) is 0 Å². The molecule has 1 saturated carbocycles. The first kappa shape index (κ1) is 11.4. The molecule has 86 valence electrons. The molecule has 2 nitrogen and oxygen atoms in total. The average molecular weight is 274 g/mol. The summed E-state index contributed by atoms with van der Waals surface area (Å²) in [4.78, 5) is 14.2. The standard InChI is InChI=1S/C12H20BrNO/c1-12(2)6-5-9(8-12)14-7-3-4-10(13)11(14)15/h9-10H,3-8H2,1-2H3. The Balaban J connectivity index is 2.02. The molecule has 0 spiro atoms. The smallest absolute Gasteiger partial charge is 0.236 e. The number of piperidine rings is 1. The van der Waals surface area contributed by atoms with Crippen LogP contribution in [0.2, 0.25) is 0 Å². The van der Waals surface area contributed by atoms with Crippen LogP contribution in [-0.2, 0) is 4.79 Å². The lowest BCUT2D eigenvalue weighted by Gasteiger charge is -2.35. The summed E-state index contributed by atoms with van der Waals surface area (Å²) >= 11 is 3.48. The summed E-state index contributed by atoms with van der Waals surface area (Å²) in [6.45, 7) is 5.60. The fourth-order valence-corrected chi connectivity index (χ4v) is 3.47. The Bertz CT molecular complexity index is 264. The molecule has 0 bridgehead atoms. The maximum absolute atomic E-state index is 12.0. The summed E-state index contributed by atoms with van der Waals surface area (Å²) in [7, 11) is 0. The molecule has 3 heteroatoms. The fraction of sp³-hybridized carbons (Fsp3) is 0.917. The van der Waals surface area contributed by atoms with Gasteiger partial charge in [-0.25, -0.2) is 0 Å². The van der Waals surface area contributed by atoms with Gasteiger partial charge in [-0.05, 0) is 37.5 Å². The van der Waals surface area contributed by atoms with E-state index in [4.69, 9.17) is 0 Å². The molecule has 15 heavy (non-hydrogen) atoms. The topological polar surface area (TPSA) is 20.3 Å². The van der Waals surface area contributed by atoms with Crippen LogP contribution < -0.4 is 0 Å². The summed E-state index contributed by atoms with van der Waals surface area (Å²) in [6, 6.07) is 0.507. The van der Waals surface area contributed by atoms with E-state index < -0.39 is 0 Å². The molecule has 2 aliphatic rings. The number of hydrogen-bond acceptors (Lipinski definition) is 1. The number of halogens is 1. The molecule has 0 N–H and O–H groups in total. The van der Waals surface area contributed by atoms with Gasteiger partial charge in [-0.2, -0.15) is 0 Å². The first-order chi connectivity index (χ1) is 6.99. The van der Waals surface area contributed by atoms with Crippen LogP contribution in [0.15, 0.2) is 0 Å². The molecule has 0 aromatic heterocycles. The first-order valence-corrected chi connectivity index (χ1v) is 6.86. The molecule has 2 rings (SSSR count). The van der Waals surface area contributed by atoms with Crippen molar-refractivity contribution in [2.24, 2.45) is 5.41 Å². The molecule has 2 atom stereocenters. The van der Waals surface area contributed by atoms with Gasteiger partial charge < -0.3 is 4.90 Å². The van der Waals surface area contributed by atoms with Gasteiger partial charge >= 0.3 is 0 Å². The van der Waals surface area contributed by atoms with Crippen LogP contribution in [0.5, 0.6) is 0 Å². The Morgan fingerprint density at radius 2 is 2.13 bits per heavy atom. The first-order valence-electron chi connectivity index (χ1n) is 5.94. The van der Waals surface area contributed by atoms with Crippen molar-refractivity contribution in [2.75, 3.05) is 6.54 Å². The van der Waals surface area contributed by atoms with E-state index in [-0.39, 0.29) is 4.83 Å². The molecule has 1 aliphatic carbocycles. The highest BCUT2D eigenvalue weighted by Gasteiger charge is 2.38. The number of carbonyl (C=O) groups is 1. The predicted molar refractivity (Wildman–Crippen MR) is 65.1 cm³/mol. The molecule has 0 aromatic rings. The number of hydrogen-bond donors (Lipinski definition) is 0. The van der Waals surface area contributed by atoms with Crippen molar-refractivity contribution >= 4 is 21.8 Å². The van der Waals surface area contributed by atoms with Gasteiger partial charge in [-0.15, -0.1) is 0 Å². The van der Waals surface area contributed by atoms with Crippen LogP contribution in [-0.4, -0.2) is 28.2 Å². The minimum absolute atomic E-state index is 0.0787. The van der Waals surface area contributed by atoms with Gasteiger partial charge in [-0.1, -0.05) is 29.8 Å². The summed E-state index contributed by atoms with van der Waals surface area (Å²) in [5, 5.41) is 0. The Kier molecular flexibility index (Phi) is 3.11. The van der Waals surface area contributed by atoms with Crippen molar-refractivity contribution in [3.8, 4) is 0 Å². The minimum Gasteiger partial charge on any atom is -0.339 e. The zero-order valence-electron chi connectivity index (χ0n) is 9.63. The highest BCUT2D eigenvalue weighted by Crippen LogP contribution is 2.40. The van der Waals surface area contributed by atoms with Crippen LogP contribution in [0.25, 0.3) is 0 Å². The maximum atomic E-state index is 12.0. The fourth-order valence-electron chi connectivity index (χ4n) is 2.88. The number of nitrogens with zero attached hydrogens (tertiary/aromatic N) is 1. The molecule has 2 fully saturated rings. The zero-order valence-corrected chi connectivity index (χ0v) is 11.2. The van der Waals surface area contributed by atoms with E-state index in [2.05, 4.69) is 34.7 Å². The van der Waals surface area contributed by atoms with Crippen LogP contribution in [0.1, 0.15) is 46.0 Å². The molecule has 1 heterocycles. The molecule has 2 unspecified atom stereocenters. The molecule has 1 aliphatic heterocycles. The summed E-state index contributed by atoms with van der Waals surface area (Å²) in [5.41, 5.74) is 0.435. The largest absolute Gasteiger partial charge is 0.339 e. The molecule has 1 amide bonds. The second-order valence-corrected chi connectivity index (χ2v) is 6.81. The van der Waals surface area contributed by atoms with E-state index in [1.807, 2.05) is 0 Å². The highest BCUT2D eigenvalue weighted by molar-refractivity contribution is 9.10. The summed E-state index contributed by atoms with van der Waals surface area (Å²) in [6.07, 6.45) is 5.79. The molecule has 0 aromatic carbocycles. The van der Waals surface area contributed by atoms with E-state index >= 15 is 0 Å². The van der Waals surface area contributed by atoms with Gasteiger partial charge in [0.2, 0.25) is 5.91 Å². The quantitative estimate of drug-likeness (QED) is 0.673. The van der Waals surface area contributed by atoms with Crippen molar-refractivity contribution in [2.45, 2.75) is 56.8 Å². The predicted octanol–water partition coefficient (Wildman–Crippen LogP) is 2.95. The highest BCUT2D eigenvalue weighted by atomic mass is 79.9. The van der Waals surface area contributed by atoms with Crippen molar-refractivity contribution in [1.29, 1.82) is 0 Å². The van der Waals surface area contributed by atoms with E-state index in [0.717, 1.165) is 19.4 Å². The number of amides is 1. The Morgan fingerprint density at radius 1 is 1.40 bits per heavy atom. The van der Waals surface area contributed by atoms with Gasteiger partial charge in [0.1, 0.15) is 0 Å². The number of likely N-dealkylation sites (tertiary alicyclic amines) is 1. The van der Waals surface area contributed by atoms with E-state index in [1.54, 1.807) is 0 Å². The van der Waals surface area contributed by atoms with Crippen LogP contribution >= 0.6 is 15.9 Å². The van der Waals surface area contributed by atoms with Gasteiger partial charge in [0.15, 0.2) is 0 Å². The Hall–Kier alpha value is -0.0500. The zero-order chi connectivity index (χ0) is 11.1. The lowest BCUT2D eigenvalue weighted by atomic mass is 9.91. The summed E-state index contributed by atoms with van der Waals surface area (Å²) < 4.78 is 0. The third-order valence-electron chi connectivity index (χ3n) is 3.79. The Morgan fingerprint density at radius 3 is 2.73 bits per heavy atom. The van der Waals surface area contributed by atoms with Gasteiger partial charge in [0, 0.05) is 12.6 Å². The lowest BCUT2D eigenvalue weighted by molar-refractivity contribution is -0.134. The van der Waals surface area contributed by atoms with Gasteiger partial charge in [0.05, 0.1) is 4.83 Å². The molecular formula is C12H20BrNO. The van der Waals surface area contributed by atoms with Gasteiger partial charge in [0.25, 0.3) is 0 Å². The monoisotopic (exact) mass is 273 g/mol. The number of alkyl halides is 1. The third-order valence-corrected chi connectivity index (χ3v) is 4.64. The summed E-state index contributed by atoms with van der Waals surface area (Å²) in [5.74, 6) is 0.323. The van der Waals surface area contributed by atoms with Crippen LogP contribution in [0, 0.1) is 5.41 Å². The van der Waals surface area contributed by atoms with Crippen LogP contribution in [0.3, 0.4) is 0 Å². The molecule has 0 radical (unpaired) electrons. The maximum Gasteiger partial charge on any atom is 0.236 e. The SMILES string of the molecule is CC1(C)CCC(N2CCCC(Br)C2=O)C1. The normalized spacial score (nSPS) is 35.9. The number of rotatable bonds is 1. The van der Waals surface area contributed by atoms with Crippen molar-refractivity contribution in [1.82, 2.24) is 4.90 Å². The Labute approximate surface area is 101 Å². The van der Waals surface area contributed by atoms with Gasteiger partial charge in [-0.3, -0.25) is 4.79 Å². The van der Waals surface area contributed by atoms with Crippen molar-refractivity contribution in [3.63, 3.8) is 0 Å². The van der Waals surface area contributed by atoms with E-state index in [1.165, 1.54) is 19.3 Å². The van der Waals surface area contributed by atoms with Crippen LogP contribution in [0.4, 0.5) is 0 Å². The number of carbonyl (C=O) groups excluding carboxylic acids is 1. The second-order valence-electron chi connectivity index (χ2n) is 5.70. The molecular weight excluding hydrogens is 254 g/mol. The van der Waals surface area contributed by atoms with Crippen molar-refractivity contribution < 1.29 is 4.79 Å².